The molecule has 1 unspecified atom stereocenters. The smallest absolute Gasteiger partial charge is 0.327 e. The third-order valence-corrected chi connectivity index (χ3v) is 12.3. The molecule has 0 bridgehead atoms. The zero-order chi connectivity index (χ0) is 45.8. The minimum atomic E-state index is -1.73. The van der Waals surface area contributed by atoms with Crippen molar-refractivity contribution < 1.29 is 58.5 Å². The van der Waals surface area contributed by atoms with E-state index in [2.05, 4.69) is 26.6 Å². The van der Waals surface area contributed by atoms with Crippen LogP contribution in [-0.4, -0.2) is 127 Å². The van der Waals surface area contributed by atoms with Crippen LogP contribution in [0.2, 0.25) is 0 Å². The number of aromatic hydroxyl groups is 1. The number of nitrogens with one attached hydrogen (secondary N) is 5. The SMILES string of the molecule is NC(=O)CC[C@@H]1NC(=O)[C@H](Cc2ccccc2)NC(=O)[C@H](Cc2ccc(O)cc2)NC(=O)[C@@H](N)CSCC(CCCCC(=O)O)SC[C@@H](C(=O)O)NC(=O)[C@H](CC(N)=O)NC1=O. The average molecular weight is 903 g/mol. The molecule has 22 heteroatoms. The van der Waals surface area contributed by atoms with Crippen LogP contribution in [0, 0.1) is 0 Å². The molecule has 1 fully saturated rings. The first-order valence-electron chi connectivity index (χ1n) is 19.7. The average Bonchev–Trinajstić information content (AvgIpc) is 3.21. The standard InChI is InChI=1S/C40H54N8O12S2/c41-26-20-61-19-25(8-4-5-9-34(52)53)62-21-31(40(59)60)48-39(58)30(18-33(43)51)47-36(55)27(14-15-32(42)50)44-37(56)29(16-22-6-2-1-3-7-22)46-38(57)28(45-35(26)54)17-23-10-12-24(49)13-11-23/h1-3,6-7,10-13,25-31,49H,4-5,8-9,14-21,41H2,(H2,42,50)(H2,43,51)(H,44,56)(H,45,54)(H,46,57)(H,47,55)(H,48,58)(H,52,53)(H,59,60)/t25?,26-,27-,28-,29-,30-,31-/m0/s1. The number of rotatable bonds is 15. The Morgan fingerprint density at radius 2 is 1.16 bits per heavy atom. The molecule has 0 radical (unpaired) electrons. The van der Waals surface area contributed by atoms with Gasteiger partial charge in [-0.05, 0) is 42.5 Å². The van der Waals surface area contributed by atoms with Crippen molar-refractivity contribution in [1.82, 2.24) is 26.6 Å². The highest BCUT2D eigenvalue weighted by Gasteiger charge is 2.34. The lowest BCUT2D eigenvalue weighted by molar-refractivity contribution is -0.142. The quantitative estimate of drug-likeness (QED) is 0.0921. The van der Waals surface area contributed by atoms with Gasteiger partial charge in [-0.15, -0.1) is 0 Å². The first-order valence-corrected chi connectivity index (χ1v) is 21.9. The maximum absolute atomic E-state index is 14.1. The molecular weight excluding hydrogens is 849 g/mol. The zero-order valence-corrected chi connectivity index (χ0v) is 35.4. The number of aliphatic carboxylic acids is 2. The Balaban J connectivity index is 2.07. The topological polar surface area (TPSA) is 353 Å². The molecule has 338 valence electrons. The van der Waals surface area contributed by atoms with Crippen molar-refractivity contribution in [2.24, 2.45) is 17.2 Å². The van der Waals surface area contributed by atoms with Gasteiger partial charge >= 0.3 is 11.9 Å². The molecule has 20 nitrogen and oxygen atoms in total. The van der Waals surface area contributed by atoms with Crippen molar-refractivity contribution in [1.29, 1.82) is 0 Å². The number of carboxylic acid groups (broad SMARTS) is 2. The predicted molar refractivity (Wildman–Crippen MR) is 229 cm³/mol. The summed E-state index contributed by atoms with van der Waals surface area (Å²) in [7, 11) is 0. The summed E-state index contributed by atoms with van der Waals surface area (Å²) in [6.07, 6.45) is -0.707. The summed E-state index contributed by atoms with van der Waals surface area (Å²) in [4.78, 5) is 117. The molecule has 1 saturated heterocycles. The predicted octanol–water partition coefficient (Wildman–Crippen LogP) is -1.35. The van der Waals surface area contributed by atoms with Crippen molar-refractivity contribution in [2.75, 3.05) is 17.3 Å². The lowest BCUT2D eigenvalue weighted by atomic mass is 10.0. The summed E-state index contributed by atoms with van der Waals surface area (Å²) in [6.45, 7) is 0. The number of thioether (sulfide) groups is 2. The fourth-order valence-electron chi connectivity index (χ4n) is 6.14. The molecule has 1 heterocycles. The van der Waals surface area contributed by atoms with Crippen LogP contribution in [0.3, 0.4) is 0 Å². The van der Waals surface area contributed by atoms with E-state index in [4.69, 9.17) is 22.3 Å². The fraction of sp³-hybridized carbons (Fsp3) is 0.475. The lowest BCUT2D eigenvalue weighted by Crippen LogP contribution is -2.60. The van der Waals surface area contributed by atoms with Crippen molar-refractivity contribution >= 4 is 76.8 Å². The molecular formula is C40H54N8O12S2. The summed E-state index contributed by atoms with van der Waals surface area (Å²) in [5, 5.41) is 41.2. The molecule has 0 aliphatic carbocycles. The zero-order valence-electron chi connectivity index (χ0n) is 33.8. The largest absolute Gasteiger partial charge is 0.508 e. The molecule has 7 amide bonds. The number of carboxylic acids is 2. The summed E-state index contributed by atoms with van der Waals surface area (Å²) >= 11 is 2.42. The van der Waals surface area contributed by atoms with Gasteiger partial charge < -0.3 is 59.1 Å². The first kappa shape index (κ1) is 50.5. The van der Waals surface area contributed by atoms with E-state index in [-0.39, 0.29) is 41.8 Å². The highest BCUT2D eigenvalue weighted by Crippen LogP contribution is 2.24. The Labute approximate surface area is 366 Å². The van der Waals surface area contributed by atoms with Gasteiger partial charge in [0.1, 0.15) is 36.0 Å². The van der Waals surface area contributed by atoms with E-state index < -0.39 is 109 Å². The van der Waals surface area contributed by atoms with Crippen molar-refractivity contribution in [2.45, 2.75) is 99.3 Å². The molecule has 1 aliphatic rings. The third kappa shape index (κ3) is 18.4. The first-order chi connectivity index (χ1) is 29.4. The van der Waals surface area contributed by atoms with Crippen molar-refractivity contribution in [3.05, 3.63) is 65.7 Å². The van der Waals surface area contributed by atoms with E-state index in [9.17, 15) is 53.4 Å². The molecule has 7 atom stereocenters. The normalized spacial score (nSPS) is 23.8. The lowest BCUT2D eigenvalue weighted by Gasteiger charge is -2.27. The minimum absolute atomic E-state index is 0.0447. The van der Waals surface area contributed by atoms with Crippen LogP contribution in [0.1, 0.15) is 56.1 Å². The highest BCUT2D eigenvalue weighted by molar-refractivity contribution is 8.03. The number of phenols is 1. The van der Waals surface area contributed by atoms with Crippen LogP contribution in [0.25, 0.3) is 0 Å². The number of nitrogens with two attached hydrogens (primary N) is 3. The van der Waals surface area contributed by atoms with Gasteiger partial charge in [0, 0.05) is 48.2 Å². The van der Waals surface area contributed by atoms with E-state index >= 15 is 0 Å². The molecule has 0 saturated carbocycles. The Morgan fingerprint density at radius 3 is 1.74 bits per heavy atom. The van der Waals surface area contributed by atoms with Gasteiger partial charge in [0.05, 0.1) is 12.5 Å². The van der Waals surface area contributed by atoms with E-state index in [0.717, 1.165) is 11.8 Å². The van der Waals surface area contributed by atoms with Crippen LogP contribution in [0.5, 0.6) is 5.75 Å². The van der Waals surface area contributed by atoms with E-state index in [1.807, 2.05) is 0 Å². The van der Waals surface area contributed by atoms with Crippen LogP contribution in [0.4, 0.5) is 0 Å². The maximum Gasteiger partial charge on any atom is 0.327 e. The Kier molecular flexibility index (Phi) is 21.0. The fourth-order valence-corrected chi connectivity index (χ4v) is 8.81. The van der Waals surface area contributed by atoms with Gasteiger partial charge in [-0.1, -0.05) is 48.9 Å². The molecule has 3 rings (SSSR count). The summed E-state index contributed by atoms with van der Waals surface area (Å²) in [6, 6.07) is 5.58. The number of carbonyl (C=O) groups is 9. The molecule has 2 aromatic carbocycles. The minimum Gasteiger partial charge on any atom is -0.508 e. The second kappa shape index (κ2) is 25.8. The molecule has 1 aliphatic heterocycles. The number of hydrogen-bond donors (Lipinski definition) is 11. The van der Waals surface area contributed by atoms with E-state index in [1.54, 1.807) is 30.3 Å². The van der Waals surface area contributed by atoms with Crippen LogP contribution in [0.15, 0.2) is 54.6 Å². The Bertz CT molecular complexity index is 1890. The maximum atomic E-state index is 14.1. The molecule has 2 aromatic rings. The number of benzene rings is 2. The van der Waals surface area contributed by atoms with E-state index in [1.165, 1.54) is 36.0 Å². The Hall–Kier alpha value is -5.87. The number of carbonyl (C=O) groups excluding carboxylic acids is 7. The van der Waals surface area contributed by atoms with Crippen LogP contribution >= 0.6 is 23.5 Å². The summed E-state index contributed by atoms with van der Waals surface area (Å²) in [5.41, 5.74) is 18.2. The number of unbranched alkanes of at least 4 members (excludes halogenated alkanes) is 1. The number of phenolic OH excluding ortho intramolecular Hbond substituents is 1. The van der Waals surface area contributed by atoms with Gasteiger partial charge in [0.2, 0.25) is 41.4 Å². The van der Waals surface area contributed by atoms with E-state index in [0.29, 0.717) is 36.1 Å². The molecule has 0 aromatic heterocycles. The van der Waals surface area contributed by atoms with Crippen LogP contribution in [-0.2, 0) is 56.0 Å². The second-order valence-corrected chi connectivity index (χ2v) is 17.0. The summed E-state index contributed by atoms with van der Waals surface area (Å²) in [5.74, 6) is -8.81. The molecule has 14 N–H and O–H groups in total. The van der Waals surface area contributed by atoms with Crippen molar-refractivity contribution in [3.63, 3.8) is 0 Å². The summed E-state index contributed by atoms with van der Waals surface area (Å²) < 4.78 is 0. The highest BCUT2D eigenvalue weighted by atomic mass is 32.2. The molecule has 0 spiro atoms. The Morgan fingerprint density at radius 1 is 0.613 bits per heavy atom. The van der Waals surface area contributed by atoms with Gasteiger partial charge in [0.15, 0.2) is 0 Å². The number of primary amides is 2. The monoisotopic (exact) mass is 902 g/mol. The van der Waals surface area contributed by atoms with Gasteiger partial charge in [-0.3, -0.25) is 38.4 Å². The number of hydrogen-bond acceptors (Lipinski definition) is 13. The third-order valence-electron chi connectivity index (χ3n) is 9.49. The van der Waals surface area contributed by atoms with Crippen molar-refractivity contribution in [3.8, 4) is 5.75 Å². The van der Waals surface area contributed by atoms with Gasteiger partial charge in [-0.2, -0.15) is 23.5 Å². The van der Waals surface area contributed by atoms with Gasteiger partial charge in [-0.25, -0.2) is 4.79 Å². The van der Waals surface area contributed by atoms with Gasteiger partial charge in [0.25, 0.3) is 0 Å². The number of amides is 7. The van der Waals surface area contributed by atoms with Crippen LogP contribution < -0.4 is 43.8 Å². The molecule has 62 heavy (non-hydrogen) atoms. The second-order valence-electron chi connectivity index (χ2n) is 14.6.